The quantitative estimate of drug-likeness (QED) is 0.788. The summed E-state index contributed by atoms with van der Waals surface area (Å²) in [6, 6.07) is 8.30. The third kappa shape index (κ3) is 2.71. The molecule has 2 rings (SSSR count). The molecule has 3 N–H and O–H groups in total. The normalized spacial score (nSPS) is 24.8. The van der Waals surface area contributed by atoms with Gasteiger partial charge >= 0.3 is 0 Å². The maximum Gasteiger partial charge on any atom is 0.142 e. The fraction of sp³-hybridized carbons (Fsp3) is 0.500. The number of nitriles is 1. The van der Waals surface area contributed by atoms with Crippen LogP contribution in [0.15, 0.2) is 18.2 Å². The van der Waals surface area contributed by atoms with Crippen LogP contribution in [0.25, 0.3) is 0 Å². The van der Waals surface area contributed by atoms with Crippen LogP contribution >= 0.6 is 0 Å². The molecule has 16 heavy (non-hydrogen) atoms. The van der Waals surface area contributed by atoms with Crippen LogP contribution in [0.3, 0.4) is 0 Å². The summed E-state index contributed by atoms with van der Waals surface area (Å²) in [6.07, 6.45) is 4.30. The molecule has 1 saturated carbocycles. The van der Waals surface area contributed by atoms with E-state index < -0.39 is 0 Å². The molecule has 0 bridgehead atoms. The number of nitrogens with two attached hydrogens (primary N) is 1. The molecule has 1 aromatic heterocycles. The molecule has 0 aliphatic heterocycles. The maximum absolute atomic E-state index is 8.75. The molecule has 0 spiro atoms. The third-order valence-corrected chi connectivity index (χ3v) is 2.99. The van der Waals surface area contributed by atoms with Crippen LogP contribution in [0.1, 0.15) is 31.4 Å². The Balaban J connectivity index is 1.96. The van der Waals surface area contributed by atoms with Gasteiger partial charge in [-0.15, -0.1) is 0 Å². The number of aromatic nitrogens is 1. The Morgan fingerprint density at radius 3 is 2.75 bits per heavy atom. The molecule has 0 radical (unpaired) electrons. The zero-order valence-electron chi connectivity index (χ0n) is 9.19. The SMILES string of the molecule is N#Cc1cccc(NC2CCC(N)CC2)n1. The second-order valence-electron chi connectivity index (χ2n) is 4.28. The Kier molecular flexibility index (Phi) is 3.37. The van der Waals surface area contributed by atoms with Crippen molar-refractivity contribution in [2.45, 2.75) is 37.8 Å². The van der Waals surface area contributed by atoms with Crippen LogP contribution in [0.5, 0.6) is 0 Å². The smallest absolute Gasteiger partial charge is 0.142 e. The van der Waals surface area contributed by atoms with E-state index in [4.69, 9.17) is 11.0 Å². The lowest BCUT2D eigenvalue weighted by Crippen LogP contribution is -2.33. The van der Waals surface area contributed by atoms with Crippen molar-refractivity contribution < 1.29 is 0 Å². The van der Waals surface area contributed by atoms with Crippen molar-refractivity contribution in [1.82, 2.24) is 4.98 Å². The monoisotopic (exact) mass is 216 g/mol. The molecule has 1 fully saturated rings. The lowest BCUT2D eigenvalue weighted by Gasteiger charge is -2.27. The number of hydrogen-bond acceptors (Lipinski definition) is 4. The minimum absolute atomic E-state index is 0.358. The zero-order chi connectivity index (χ0) is 11.4. The summed E-state index contributed by atoms with van der Waals surface area (Å²) in [5, 5.41) is 12.1. The lowest BCUT2D eigenvalue weighted by molar-refractivity contribution is 0.410. The van der Waals surface area contributed by atoms with E-state index >= 15 is 0 Å². The molecule has 1 aliphatic rings. The standard InChI is InChI=1S/C12H16N4/c13-8-11-2-1-3-12(16-11)15-10-6-4-9(14)5-7-10/h1-3,9-10H,4-7,14H2,(H,15,16). The highest BCUT2D eigenvalue weighted by atomic mass is 15.0. The number of hydrogen-bond donors (Lipinski definition) is 2. The highest BCUT2D eigenvalue weighted by Gasteiger charge is 2.18. The van der Waals surface area contributed by atoms with E-state index in [0.717, 1.165) is 31.5 Å². The predicted molar refractivity (Wildman–Crippen MR) is 62.8 cm³/mol. The highest BCUT2D eigenvalue weighted by molar-refractivity contribution is 5.39. The van der Waals surface area contributed by atoms with E-state index in [0.29, 0.717) is 17.8 Å². The van der Waals surface area contributed by atoms with Gasteiger partial charge in [0.2, 0.25) is 0 Å². The second kappa shape index (κ2) is 4.95. The predicted octanol–water partition coefficient (Wildman–Crippen LogP) is 1.64. The van der Waals surface area contributed by atoms with E-state index in [2.05, 4.69) is 10.3 Å². The Bertz CT molecular complexity index is 388. The number of rotatable bonds is 2. The molecule has 0 atom stereocenters. The molecular weight excluding hydrogens is 200 g/mol. The summed E-state index contributed by atoms with van der Waals surface area (Å²) < 4.78 is 0. The second-order valence-corrected chi connectivity index (χ2v) is 4.28. The minimum atomic E-state index is 0.358. The molecule has 1 aliphatic carbocycles. The average Bonchev–Trinajstić information content (AvgIpc) is 2.32. The maximum atomic E-state index is 8.75. The average molecular weight is 216 g/mol. The third-order valence-electron chi connectivity index (χ3n) is 2.99. The summed E-state index contributed by atoms with van der Waals surface area (Å²) in [4.78, 5) is 4.20. The van der Waals surface area contributed by atoms with E-state index in [1.807, 2.05) is 18.2 Å². The highest BCUT2D eigenvalue weighted by Crippen LogP contribution is 2.20. The summed E-state index contributed by atoms with van der Waals surface area (Å²) in [5.41, 5.74) is 6.31. The van der Waals surface area contributed by atoms with Crippen LogP contribution in [0.2, 0.25) is 0 Å². The van der Waals surface area contributed by atoms with E-state index in [-0.39, 0.29) is 0 Å². The van der Waals surface area contributed by atoms with Gasteiger partial charge in [-0.2, -0.15) is 5.26 Å². The first-order valence-electron chi connectivity index (χ1n) is 5.67. The molecule has 1 aromatic rings. The molecule has 0 saturated heterocycles. The first-order valence-corrected chi connectivity index (χ1v) is 5.67. The topological polar surface area (TPSA) is 74.7 Å². The van der Waals surface area contributed by atoms with E-state index in [9.17, 15) is 0 Å². The fourth-order valence-electron chi connectivity index (χ4n) is 2.05. The van der Waals surface area contributed by atoms with Gasteiger partial charge in [0.25, 0.3) is 0 Å². The number of anilines is 1. The Morgan fingerprint density at radius 2 is 2.06 bits per heavy atom. The van der Waals surface area contributed by atoms with Gasteiger partial charge in [0.1, 0.15) is 17.6 Å². The van der Waals surface area contributed by atoms with Gasteiger partial charge in [0.05, 0.1) is 0 Å². The van der Waals surface area contributed by atoms with Crippen LogP contribution in [0.4, 0.5) is 5.82 Å². The van der Waals surface area contributed by atoms with Crippen molar-refractivity contribution in [2.24, 2.45) is 5.73 Å². The van der Waals surface area contributed by atoms with Gasteiger partial charge in [-0.05, 0) is 37.8 Å². The van der Waals surface area contributed by atoms with Crippen molar-refractivity contribution in [3.8, 4) is 6.07 Å². The molecular formula is C12H16N4. The van der Waals surface area contributed by atoms with Crippen molar-refractivity contribution >= 4 is 5.82 Å². The van der Waals surface area contributed by atoms with E-state index in [1.165, 1.54) is 0 Å². The van der Waals surface area contributed by atoms with Gasteiger partial charge in [-0.3, -0.25) is 0 Å². The minimum Gasteiger partial charge on any atom is -0.367 e. The molecule has 0 amide bonds. The van der Waals surface area contributed by atoms with Crippen molar-refractivity contribution in [3.05, 3.63) is 23.9 Å². The summed E-state index contributed by atoms with van der Waals surface area (Å²) in [6.45, 7) is 0. The number of nitrogens with one attached hydrogen (secondary N) is 1. The van der Waals surface area contributed by atoms with Gasteiger partial charge in [0.15, 0.2) is 0 Å². The fourth-order valence-corrected chi connectivity index (χ4v) is 2.05. The number of nitrogens with zero attached hydrogens (tertiary/aromatic N) is 2. The molecule has 0 aromatic carbocycles. The van der Waals surface area contributed by atoms with Crippen LogP contribution in [0, 0.1) is 11.3 Å². The largest absolute Gasteiger partial charge is 0.367 e. The van der Waals surface area contributed by atoms with Crippen LogP contribution in [-0.4, -0.2) is 17.1 Å². The molecule has 1 heterocycles. The van der Waals surface area contributed by atoms with Crippen molar-refractivity contribution in [2.75, 3.05) is 5.32 Å². The van der Waals surface area contributed by atoms with Gasteiger partial charge in [-0.25, -0.2) is 4.98 Å². The Hall–Kier alpha value is -1.60. The van der Waals surface area contributed by atoms with E-state index in [1.54, 1.807) is 6.07 Å². The zero-order valence-corrected chi connectivity index (χ0v) is 9.19. The van der Waals surface area contributed by atoms with Crippen LogP contribution in [-0.2, 0) is 0 Å². The first-order chi connectivity index (χ1) is 7.78. The number of pyridine rings is 1. The van der Waals surface area contributed by atoms with Gasteiger partial charge in [-0.1, -0.05) is 6.07 Å². The molecule has 0 unspecified atom stereocenters. The summed E-state index contributed by atoms with van der Waals surface area (Å²) in [5.74, 6) is 0.791. The Morgan fingerprint density at radius 1 is 1.31 bits per heavy atom. The summed E-state index contributed by atoms with van der Waals surface area (Å²) in [7, 11) is 0. The lowest BCUT2D eigenvalue weighted by atomic mass is 9.92. The van der Waals surface area contributed by atoms with Crippen molar-refractivity contribution in [3.63, 3.8) is 0 Å². The molecule has 4 nitrogen and oxygen atoms in total. The molecule has 84 valence electrons. The molecule has 4 heteroatoms. The van der Waals surface area contributed by atoms with Gasteiger partial charge in [0, 0.05) is 12.1 Å². The first kappa shape index (κ1) is 10.9. The van der Waals surface area contributed by atoms with Gasteiger partial charge < -0.3 is 11.1 Å². The Labute approximate surface area is 95.5 Å². The van der Waals surface area contributed by atoms with Crippen molar-refractivity contribution in [1.29, 1.82) is 5.26 Å². The van der Waals surface area contributed by atoms with Crippen LogP contribution < -0.4 is 11.1 Å². The summed E-state index contributed by atoms with van der Waals surface area (Å²) >= 11 is 0.